The summed E-state index contributed by atoms with van der Waals surface area (Å²) < 4.78 is 0.806. The molecule has 1 rings (SSSR count). The number of halogens is 1. The molecule has 0 aliphatic heterocycles. The molecule has 0 aromatic carbocycles. The van der Waals surface area contributed by atoms with Gasteiger partial charge in [0.2, 0.25) is 0 Å². The van der Waals surface area contributed by atoms with Gasteiger partial charge in [-0.3, -0.25) is 4.79 Å². The van der Waals surface area contributed by atoms with E-state index >= 15 is 0 Å². The maximum absolute atomic E-state index is 9.90. The minimum atomic E-state index is 0.420. The molecule has 2 nitrogen and oxygen atoms in total. The van der Waals surface area contributed by atoms with Crippen LogP contribution in [0.2, 0.25) is 0 Å². The Balaban J connectivity index is 2.63. The fourth-order valence-corrected chi connectivity index (χ4v) is 1.15. The van der Waals surface area contributed by atoms with E-state index in [2.05, 4.69) is 20.9 Å². The maximum Gasteiger partial charge on any atom is 0.198 e. The molecular weight excluding hydrogens is 206 g/mol. The Morgan fingerprint density at radius 1 is 1.55 bits per heavy atom. The molecule has 0 unspecified atom stereocenters. The highest BCUT2D eigenvalue weighted by molar-refractivity contribution is 9.10. The van der Waals surface area contributed by atoms with Crippen molar-refractivity contribution < 1.29 is 4.79 Å². The summed E-state index contributed by atoms with van der Waals surface area (Å²) in [6, 6.07) is 5.65. The first-order chi connectivity index (χ1) is 5.33. The second-order valence-corrected chi connectivity index (χ2v) is 2.91. The zero-order chi connectivity index (χ0) is 8.10. The number of aryl methyl sites for hydroxylation is 1. The Kier molecular flexibility index (Phi) is 3.23. The van der Waals surface area contributed by atoms with E-state index in [1.165, 1.54) is 0 Å². The number of hydrogen-bond donors (Lipinski definition) is 0. The van der Waals surface area contributed by atoms with Crippen LogP contribution in [0.3, 0.4) is 0 Å². The molecule has 57 valence electrons. The van der Waals surface area contributed by atoms with Crippen LogP contribution in [0, 0.1) is 0 Å². The number of carbonyl (C=O) groups excluding carboxylic acids is 1. The van der Waals surface area contributed by atoms with Crippen LogP contribution in [-0.2, 0) is 11.2 Å². The van der Waals surface area contributed by atoms with Gasteiger partial charge in [0.15, 0.2) is 6.29 Å². The van der Waals surface area contributed by atoms with E-state index in [0.29, 0.717) is 12.8 Å². The molecule has 0 bridgehead atoms. The maximum atomic E-state index is 9.90. The third kappa shape index (κ3) is 2.80. The molecule has 0 N–H and O–H groups in total. The molecule has 0 amide bonds. The molecule has 3 heteroatoms. The van der Waals surface area contributed by atoms with Gasteiger partial charge >= 0.3 is 0 Å². The lowest BCUT2D eigenvalue weighted by atomic mass is 10.2. The third-order valence-electron chi connectivity index (χ3n) is 1.26. The van der Waals surface area contributed by atoms with E-state index in [0.717, 1.165) is 10.3 Å². The van der Waals surface area contributed by atoms with Gasteiger partial charge in [-0.25, -0.2) is 4.98 Å². The van der Waals surface area contributed by atoms with Crippen molar-refractivity contribution in [3.05, 3.63) is 28.5 Å². The van der Waals surface area contributed by atoms with Crippen molar-refractivity contribution in [3.63, 3.8) is 0 Å². The van der Waals surface area contributed by atoms with Gasteiger partial charge in [-0.05, 0) is 34.5 Å². The Hall–Kier alpha value is -0.700. The van der Waals surface area contributed by atoms with E-state index in [4.69, 9.17) is 0 Å². The minimum Gasteiger partial charge on any atom is -0.291 e. The lowest BCUT2D eigenvalue weighted by Gasteiger charge is -1.95. The van der Waals surface area contributed by atoms with Crippen LogP contribution in [0.15, 0.2) is 22.8 Å². The summed E-state index contributed by atoms with van der Waals surface area (Å²) in [4.78, 5) is 14.0. The zero-order valence-corrected chi connectivity index (χ0v) is 7.47. The summed E-state index contributed by atoms with van der Waals surface area (Å²) in [5.41, 5.74) is 0.919. The number of nitrogens with zero attached hydrogens (tertiary/aromatic N) is 1. The van der Waals surface area contributed by atoms with Crippen LogP contribution in [0.4, 0.5) is 0 Å². The first kappa shape index (κ1) is 8.40. The van der Waals surface area contributed by atoms with Crippen molar-refractivity contribution in [1.29, 1.82) is 0 Å². The summed E-state index contributed by atoms with van der Waals surface area (Å²) in [6.45, 7) is 0. The molecular formula is C8H7BrNO. The van der Waals surface area contributed by atoms with Crippen LogP contribution in [0.25, 0.3) is 0 Å². The Morgan fingerprint density at radius 2 is 2.36 bits per heavy atom. The van der Waals surface area contributed by atoms with Crippen molar-refractivity contribution in [3.8, 4) is 0 Å². The smallest absolute Gasteiger partial charge is 0.198 e. The normalized spacial score (nSPS) is 9.55. The van der Waals surface area contributed by atoms with Crippen LogP contribution < -0.4 is 0 Å². The van der Waals surface area contributed by atoms with Gasteiger partial charge in [-0.2, -0.15) is 0 Å². The highest BCUT2D eigenvalue weighted by atomic mass is 79.9. The molecule has 0 saturated heterocycles. The summed E-state index contributed by atoms with van der Waals surface area (Å²) in [5, 5.41) is 0. The number of aromatic nitrogens is 1. The van der Waals surface area contributed by atoms with Crippen LogP contribution in [0.1, 0.15) is 12.1 Å². The molecule has 0 spiro atoms. The highest BCUT2D eigenvalue weighted by Crippen LogP contribution is 2.06. The van der Waals surface area contributed by atoms with Gasteiger partial charge in [0.05, 0.1) is 0 Å². The molecule has 0 saturated carbocycles. The van der Waals surface area contributed by atoms with Crippen molar-refractivity contribution in [2.75, 3.05) is 0 Å². The molecule has 0 fully saturated rings. The largest absolute Gasteiger partial charge is 0.291 e. The first-order valence-corrected chi connectivity index (χ1v) is 4.08. The lowest BCUT2D eigenvalue weighted by Crippen LogP contribution is -1.90. The minimum absolute atomic E-state index is 0.420. The van der Waals surface area contributed by atoms with Gasteiger partial charge in [0.25, 0.3) is 0 Å². The second kappa shape index (κ2) is 4.23. The van der Waals surface area contributed by atoms with Gasteiger partial charge < -0.3 is 0 Å². The molecule has 1 aromatic heterocycles. The van der Waals surface area contributed by atoms with E-state index in [1.54, 1.807) is 0 Å². The zero-order valence-electron chi connectivity index (χ0n) is 5.88. The van der Waals surface area contributed by atoms with E-state index in [1.807, 2.05) is 24.5 Å². The standard InChI is InChI=1S/C8H7BrNO/c9-8-5-1-3-7(10-8)4-2-6-11/h1,3,5H,2,4H2. The van der Waals surface area contributed by atoms with Crippen molar-refractivity contribution >= 4 is 22.2 Å². The van der Waals surface area contributed by atoms with E-state index in [9.17, 15) is 4.79 Å². The monoisotopic (exact) mass is 212 g/mol. The average molecular weight is 213 g/mol. The summed E-state index contributed by atoms with van der Waals surface area (Å²) in [6.07, 6.45) is 2.92. The molecule has 0 aliphatic rings. The summed E-state index contributed by atoms with van der Waals surface area (Å²) in [7, 11) is 0. The van der Waals surface area contributed by atoms with Crippen LogP contribution in [-0.4, -0.2) is 11.3 Å². The average Bonchev–Trinajstić information content (AvgIpc) is 2.01. The predicted octanol–water partition coefficient (Wildman–Crippen LogP) is 1.89. The molecule has 0 atom stereocenters. The fourth-order valence-electron chi connectivity index (χ4n) is 0.769. The van der Waals surface area contributed by atoms with Crippen molar-refractivity contribution in [2.24, 2.45) is 0 Å². The SMILES string of the molecule is O=[C]CCc1cccc(Br)n1. The van der Waals surface area contributed by atoms with Crippen LogP contribution >= 0.6 is 15.9 Å². The molecule has 0 aliphatic carbocycles. The summed E-state index contributed by atoms with van der Waals surface area (Å²) in [5.74, 6) is 0. The quantitative estimate of drug-likeness (QED) is 0.717. The third-order valence-corrected chi connectivity index (χ3v) is 1.70. The predicted molar refractivity (Wildman–Crippen MR) is 46.0 cm³/mol. The van der Waals surface area contributed by atoms with Crippen molar-refractivity contribution in [2.45, 2.75) is 12.8 Å². The molecule has 1 aromatic rings. The number of hydrogen-bond acceptors (Lipinski definition) is 2. The Labute approximate surface area is 73.8 Å². The van der Waals surface area contributed by atoms with Gasteiger partial charge in [-0.1, -0.05) is 6.07 Å². The molecule has 1 heterocycles. The van der Waals surface area contributed by atoms with Crippen LogP contribution in [0.5, 0.6) is 0 Å². The van der Waals surface area contributed by atoms with Gasteiger partial charge in [-0.15, -0.1) is 0 Å². The Bertz CT molecular complexity index is 250. The van der Waals surface area contributed by atoms with E-state index in [-0.39, 0.29) is 0 Å². The number of pyridine rings is 1. The molecule has 1 radical (unpaired) electrons. The van der Waals surface area contributed by atoms with Gasteiger partial charge in [0.1, 0.15) is 4.60 Å². The van der Waals surface area contributed by atoms with Crippen molar-refractivity contribution in [1.82, 2.24) is 4.98 Å². The lowest BCUT2D eigenvalue weighted by molar-refractivity contribution is 0.551. The fraction of sp³-hybridized carbons (Fsp3) is 0.250. The first-order valence-electron chi connectivity index (χ1n) is 3.29. The Morgan fingerprint density at radius 3 is 3.00 bits per heavy atom. The molecule has 11 heavy (non-hydrogen) atoms. The van der Waals surface area contributed by atoms with Gasteiger partial charge in [0, 0.05) is 12.1 Å². The highest BCUT2D eigenvalue weighted by Gasteiger charge is 1.94. The summed E-state index contributed by atoms with van der Waals surface area (Å²) >= 11 is 3.24. The van der Waals surface area contributed by atoms with E-state index < -0.39 is 0 Å². The number of rotatable bonds is 3. The topological polar surface area (TPSA) is 30.0 Å². The second-order valence-electron chi connectivity index (χ2n) is 2.10.